The normalized spacial score (nSPS) is 12.6. The van der Waals surface area contributed by atoms with Crippen molar-refractivity contribution < 1.29 is 4.74 Å². The number of alkyl halides is 1. The van der Waals surface area contributed by atoms with Gasteiger partial charge in [0.1, 0.15) is 5.75 Å². The number of halogens is 1. The Labute approximate surface area is 87.4 Å². The molecule has 0 fully saturated rings. The highest BCUT2D eigenvalue weighted by Crippen LogP contribution is 2.29. The molecule has 1 unspecified atom stereocenters. The highest BCUT2D eigenvalue weighted by molar-refractivity contribution is 9.09. The van der Waals surface area contributed by atoms with E-state index in [1.54, 1.807) is 7.11 Å². The second kappa shape index (κ2) is 4.63. The number of benzene rings is 1. The Morgan fingerprint density at radius 1 is 1.46 bits per heavy atom. The fraction of sp³-hybridized carbons (Fsp3) is 0.400. The van der Waals surface area contributed by atoms with Crippen molar-refractivity contribution >= 4 is 15.9 Å². The molecule has 1 N–H and O–H groups in total. The van der Waals surface area contributed by atoms with Crippen LogP contribution in [0.5, 0.6) is 5.75 Å². The van der Waals surface area contributed by atoms with Crippen LogP contribution >= 0.6 is 15.9 Å². The molecule has 1 atom stereocenters. The summed E-state index contributed by atoms with van der Waals surface area (Å²) in [5, 5.41) is 3.12. The van der Waals surface area contributed by atoms with Crippen LogP contribution in [0.25, 0.3) is 0 Å². The number of hydrogen-bond donors (Lipinski definition) is 1. The maximum Gasteiger partial charge on any atom is 0.124 e. The molecule has 0 amide bonds. The van der Waals surface area contributed by atoms with Crippen molar-refractivity contribution in [3.8, 4) is 5.75 Å². The third kappa shape index (κ3) is 2.45. The lowest BCUT2D eigenvalue weighted by Gasteiger charge is -2.13. The summed E-state index contributed by atoms with van der Waals surface area (Å²) in [5.74, 6) is 0.904. The van der Waals surface area contributed by atoms with Crippen molar-refractivity contribution in [3.63, 3.8) is 0 Å². The molecule has 3 heteroatoms. The summed E-state index contributed by atoms with van der Waals surface area (Å²) in [6, 6.07) is 6.13. The van der Waals surface area contributed by atoms with Crippen LogP contribution in [0.2, 0.25) is 0 Å². The van der Waals surface area contributed by atoms with E-state index in [2.05, 4.69) is 34.2 Å². The molecule has 13 heavy (non-hydrogen) atoms. The first kappa shape index (κ1) is 10.5. The molecule has 0 aliphatic carbocycles. The van der Waals surface area contributed by atoms with E-state index in [-0.39, 0.29) is 4.95 Å². The van der Waals surface area contributed by atoms with Crippen LogP contribution in [0.15, 0.2) is 18.2 Å². The smallest absolute Gasteiger partial charge is 0.124 e. The number of nitrogens with one attached hydrogen (secondary N) is 1. The maximum absolute atomic E-state index is 5.25. The second-order valence-electron chi connectivity index (χ2n) is 2.90. The third-order valence-corrected chi connectivity index (χ3v) is 2.86. The zero-order valence-electron chi connectivity index (χ0n) is 8.10. The van der Waals surface area contributed by atoms with Crippen LogP contribution in [0, 0.1) is 6.92 Å². The van der Waals surface area contributed by atoms with Gasteiger partial charge < -0.3 is 10.1 Å². The van der Waals surface area contributed by atoms with Crippen molar-refractivity contribution in [2.24, 2.45) is 0 Å². The summed E-state index contributed by atoms with van der Waals surface area (Å²) in [6.45, 7) is 2.07. The van der Waals surface area contributed by atoms with E-state index in [9.17, 15) is 0 Å². The molecular weight excluding hydrogens is 230 g/mol. The fourth-order valence-corrected chi connectivity index (χ4v) is 1.57. The first-order chi connectivity index (χ1) is 6.19. The van der Waals surface area contributed by atoms with Crippen molar-refractivity contribution in [2.45, 2.75) is 11.9 Å². The van der Waals surface area contributed by atoms with Gasteiger partial charge in [0.2, 0.25) is 0 Å². The van der Waals surface area contributed by atoms with Gasteiger partial charge in [-0.2, -0.15) is 0 Å². The Kier molecular flexibility index (Phi) is 3.75. The molecule has 0 aromatic heterocycles. The lowest BCUT2D eigenvalue weighted by molar-refractivity contribution is 0.408. The van der Waals surface area contributed by atoms with E-state index in [4.69, 9.17) is 4.74 Å². The van der Waals surface area contributed by atoms with E-state index in [1.807, 2.05) is 19.2 Å². The molecule has 0 bridgehead atoms. The van der Waals surface area contributed by atoms with Crippen LogP contribution in [0.4, 0.5) is 0 Å². The van der Waals surface area contributed by atoms with E-state index < -0.39 is 0 Å². The van der Waals surface area contributed by atoms with Crippen molar-refractivity contribution in [1.29, 1.82) is 0 Å². The zero-order chi connectivity index (χ0) is 9.84. The molecular formula is C10H14BrNO. The van der Waals surface area contributed by atoms with Gasteiger partial charge in [-0.1, -0.05) is 27.6 Å². The van der Waals surface area contributed by atoms with Gasteiger partial charge in [0.15, 0.2) is 0 Å². The number of aryl methyl sites for hydroxylation is 1. The second-order valence-corrected chi connectivity index (χ2v) is 3.81. The molecule has 0 heterocycles. The van der Waals surface area contributed by atoms with Gasteiger partial charge in [0.05, 0.1) is 12.1 Å². The van der Waals surface area contributed by atoms with E-state index in [1.165, 1.54) is 5.56 Å². The molecule has 2 nitrogen and oxygen atoms in total. The molecule has 0 aliphatic rings. The Bertz CT molecular complexity index is 288. The van der Waals surface area contributed by atoms with Crippen molar-refractivity contribution in [1.82, 2.24) is 5.32 Å². The van der Waals surface area contributed by atoms with Crippen LogP contribution < -0.4 is 10.1 Å². The van der Waals surface area contributed by atoms with Crippen LogP contribution in [-0.2, 0) is 0 Å². The minimum Gasteiger partial charge on any atom is -0.496 e. The van der Waals surface area contributed by atoms with Gasteiger partial charge in [0, 0.05) is 5.56 Å². The molecule has 0 spiro atoms. The molecule has 1 rings (SSSR count). The summed E-state index contributed by atoms with van der Waals surface area (Å²) in [6.07, 6.45) is 0. The first-order valence-corrected chi connectivity index (χ1v) is 5.06. The van der Waals surface area contributed by atoms with Crippen LogP contribution in [0.1, 0.15) is 16.1 Å². The zero-order valence-corrected chi connectivity index (χ0v) is 9.68. The van der Waals surface area contributed by atoms with Gasteiger partial charge in [-0.3, -0.25) is 0 Å². The minimum absolute atomic E-state index is 0.141. The van der Waals surface area contributed by atoms with Crippen LogP contribution in [-0.4, -0.2) is 14.2 Å². The minimum atomic E-state index is 0.141. The highest BCUT2D eigenvalue weighted by atomic mass is 79.9. The van der Waals surface area contributed by atoms with Crippen molar-refractivity contribution in [2.75, 3.05) is 14.2 Å². The average Bonchev–Trinajstić information content (AvgIpc) is 2.16. The van der Waals surface area contributed by atoms with Gasteiger partial charge >= 0.3 is 0 Å². The summed E-state index contributed by atoms with van der Waals surface area (Å²) in [4.78, 5) is 0.141. The SMILES string of the molecule is CNC(Br)c1cc(C)ccc1OC. The number of rotatable bonds is 3. The third-order valence-electron chi connectivity index (χ3n) is 1.91. The summed E-state index contributed by atoms with van der Waals surface area (Å²) >= 11 is 3.52. The Balaban J connectivity index is 3.07. The standard InChI is InChI=1S/C10H14BrNO/c1-7-4-5-9(13-3)8(6-7)10(11)12-2/h4-6,10,12H,1-3H3. The van der Waals surface area contributed by atoms with Gasteiger partial charge in [-0.05, 0) is 26.1 Å². The maximum atomic E-state index is 5.25. The van der Waals surface area contributed by atoms with E-state index in [0.717, 1.165) is 11.3 Å². The molecule has 1 aromatic carbocycles. The molecule has 72 valence electrons. The molecule has 1 aromatic rings. The Morgan fingerprint density at radius 3 is 2.69 bits per heavy atom. The van der Waals surface area contributed by atoms with E-state index >= 15 is 0 Å². The van der Waals surface area contributed by atoms with Gasteiger partial charge in [0.25, 0.3) is 0 Å². The van der Waals surface area contributed by atoms with Crippen LogP contribution in [0.3, 0.4) is 0 Å². The molecule has 0 aliphatic heterocycles. The summed E-state index contributed by atoms with van der Waals surface area (Å²) in [5.41, 5.74) is 2.36. The number of ether oxygens (including phenoxy) is 1. The topological polar surface area (TPSA) is 21.3 Å². The Morgan fingerprint density at radius 2 is 2.15 bits per heavy atom. The van der Waals surface area contributed by atoms with Crippen molar-refractivity contribution in [3.05, 3.63) is 29.3 Å². The fourth-order valence-electron chi connectivity index (χ4n) is 1.21. The number of methoxy groups -OCH3 is 1. The summed E-state index contributed by atoms with van der Waals surface area (Å²) in [7, 11) is 3.59. The quantitative estimate of drug-likeness (QED) is 0.651. The molecule has 0 saturated heterocycles. The molecule has 0 radical (unpaired) electrons. The van der Waals surface area contributed by atoms with Gasteiger partial charge in [-0.25, -0.2) is 0 Å². The van der Waals surface area contributed by atoms with Gasteiger partial charge in [-0.15, -0.1) is 0 Å². The largest absolute Gasteiger partial charge is 0.496 e. The Hall–Kier alpha value is -0.540. The lowest BCUT2D eigenvalue weighted by Crippen LogP contribution is -2.10. The summed E-state index contributed by atoms with van der Waals surface area (Å²) < 4.78 is 5.25. The first-order valence-electron chi connectivity index (χ1n) is 4.15. The predicted octanol–water partition coefficient (Wildman–Crippen LogP) is 2.62. The monoisotopic (exact) mass is 243 g/mol. The average molecular weight is 244 g/mol. The van der Waals surface area contributed by atoms with E-state index in [0.29, 0.717) is 0 Å². The number of hydrogen-bond acceptors (Lipinski definition) is 2. The highest BCUT2D eigenvalue weighted by Gasteiger charge is 2.10. The lowest BCUT2D eigenvalue weighted by atomic mass is 10.1. The molecule has 0 saturated carbocycles. The predicted molar refractivity (Wildman–Crippen MR) is 58.5 cm³/mol.